The second-order valence-electron chi connectivity index (χ2n) is 8.07. The van der Waals surface area contributed by atoms with Gasteiger partial charge in [0.1, 0.15) is 24.6 Å². The molecule has 1 aromatic carbocycles. The van der Waals surface area contributed by atoms with Crippen molar-refractivity contribution in [2.45, 2.75) is 25.2 Å². The van der Waals surface area contributed by atoms with Crippen LogP contribution in [0.1, 0.15) is 12.0 Å². The number of nitrogens with one attached hydrogen (secondary N) is 1. The normalized spacial score (nSPS) is 20.8. The third-order valence-electron chi connectivity index (χ3n) is 5.79. The van der Waals surface area contributed by atoms with Crippen molar-refractivity contribution in [3.8, 4) is 12.3 Å². The first-order valence-electron chi connectivity index (χ1n) is 11.0. The van der Waals surface area contributed by atoms with E-state index >= 15 is 0 Å². The lowest BCUT2D eigenvalue weighted by Gasteiger charge is -2.54. The first-order chi connectivity index (χ1) is 16.4. The molecule has 2 aliphatic heterocycles. The summed E-state index contributed by atoms with van der Waals surface area (Å²) in [6.45, 7) is 1.06. The second kappa shape index (κ2) is 12.1. The number of halogens is 1. The lowest BCUT2D eigenvalue weighted by molar-refractivity contribution is -0.187. The molecule has 2 aliphatic rings. The minimum atomic E-state index is -0.660. The molecule has 2 atom stereocenters. The van der Waals surface area contributed by atoms with E-state index in [0.717, 1.165) is 5.56 Å². The molecular weight excluding hydrogens is 461 g/mol. The first-order valence-corrected chi connectivity index (χ1v) is 12.4. The Kier molecular flexibility index (Phi) is 9.15. The number of nitrogens with zero attached hydrogens (tertiary/aromatic N) is 4. The quantitative estimate of drug-likeness (QED) is 0.409. The zero-order valence-corrected chi connectivity index (χ0v) is 20.2. The van der Waals surface area contributed by atoms with Gasteiger partial charge >= 0.3 is 6.03 Å². The van der Waals surface area contributed by atoms with E-state index in [1.165, 1.54) is 17.1 Å². The molecule has 34 heavy (non-hydrogen) atoms. The maximum atomic E-state index is 13.3. The van der Waals surface area contributed by atoms with E-state index in [0.29, 0.717) is 18.7 Å². The fourth-order valence-electron chi connectivity index (χ4n) is 4.18. The van der Waals surface area contributed by atoms with Crippen LogP contribution in [0.25, 0.3) is 0 Å². The van der Waals surface area contributed by atoms with Crippen LogP contribution in [-0.2, 0) is 20.9 Å². The molecule has 1 aromatic rings. The first kappa shape index (κ1) is 25.8. The summed E-state index contributed by atoms with van der Waals surface area (Å²) in [4.78, 5) is 42.7. The molecule has 9 nitrogen and oxygen atoms in total. The third kappa shape index (κ3) is 6.00. The summed E-state index contributed by atoms with van der Waals surface area (Å²) in [5.74, 6) is 2.39. The molecule has 184 valence electrons. The number of fused-ring (bicyclic) bond motifs is 1. The Morgan fingerprint density at radius 1 is 1.32 bits per heavy atom. The molecule has 0 radical (unpaired) electrons. The van der Waals surface area contributed by atoms with Crippen molar-refractivity contribution in [3.63, 3.8) is 0 Å². The average molecular weight is 492 g/mol. The van der Waals surface area contributed by atoms with E-state index in [-0.39, 0.29) is 50.5 Å². The van der Waals surface area contributed by atoms with E-state index in [1.54, 1.807) is 45.8 Å². The Labute approximate surface area is 203 Å². The molecule has 0 saturated carbocycles. The van der Waals surface area contributed by atoms with Gasteiger partial charge in [-0.3, -0.25) is 9.59 Å². The highest BCUT2D eigenvalue weighted by atomic mass is 32.2. The van der Waals surface area contributed by atoms with Gasteiger partial charge in [0, 0.05) is 20.1 Å². The van der Waals surface area contributed by atoms with Crippen LogP contribution < -0.4 is 5.32 Å². The summed E-state index contributed by atoms with van der Waals surface area (Å²) in [6, 6.07) is 4.79. The van der Waals surface area contributed by atoms with Crippen LogP contribution in [0.5, 0.6) is 0 Å². The van der Waals surface area contributed by atoms with Gasteiger partial charge in [-0.15, -0.1) is 6.42 Å². The molecule has 2 fully saturated rings. The predicted octanol–water partition coefficient (Wildman–Crippen LogP) is 0.966. The van der Waals surface area contributed by atoms with Crippen LogP contribution in [0.4, 0.5) is 9.18 Å². The molecule has 1 N–H and O–H groups in total. The van der Waals surface area contributed by atoms with Gasteiger partial charge in [-0.05, 0) is 36.1 Å². The summed E-state index contributed by atoms with van der Waals surface area (Å²) < 4.78 is 18.5. The molecule has 0 spiro atoms. The lowest BCUT2D eigenvalue weighted by Crippen LogP contribution is -2.76. The van der Waals surface area contributed by atoms with Gasteiger partial charge in [-0.25, -0.2) is 19.2 Å². The third-order valence-corrected chi connectivity index (χ3v) is 6.43. The van der Waals surface area contributed by atoms with Crippen molar-refractivity contribution in [2.75, 3.05) is 51.9 Å². The van der Waals surface area contributed by atoms with Crippen molar-refractivity contribution in [1.29, 1.82) is 0 Å². The number of piperazine rings is 1. The smallest absolute Gasteiger partial charge is 0.334 e. The molecule has 2 saturated heterocycles. The largest absolute Gasteiger partial charge is 0.367 e. The van der Waals surface area contributed by atoms with E-state index in [1.807, 2.05) is 6.26 Å². The molecule has 1 unspecified atom stereocenters. The summed E-state index contributed by atoms with van der Waals surface area (Å²) >= 11 is 1.59. The fraction of sp³-hybridized carbons (Fsp3) is 0.522. The second-order valence-corrected chi connectivity index (χ2v) is 9.05. The molecule has 0 bridgehead atoms. The predicted molar refractivity (Wildman–Crippen MR) is 127 cm³/mol. The summed E-state index contributed by atoms with van der Waals surface area (Å²) in [6.07, 6.45) is 6.99. The van der Waals surface area contributed by atoms with Gasteiger partial charge < -0.3 is 19.9 Å². The van der Waals surface area contributed by atoms with Crippen molar-refractivity contribution in [3.05, 3.63) is 35.6 Å². The highest BCUT2D eigenvalue weighted by molar-refractivity contribution is 7.98. The molecule has 2 heterocycles. The van der Waals surface area contributed by atoms with Crippen LogP contribution in [0.3, 0.4) is 0 Å². The molecule has 4 amide bonds. The number of benzene rings is 1. The monoisotopic (exact) mass is 491 g/mol. The van der Waals surface area contributed by atoms with E-state index < -0.39 is 18.2 Å². The van der Waals surface area contributed by atoms with Gasteiger partial charge in [0.25, 0.3) is 0 Å². The van der Waals surface area contributed by atoms with Gasteiger partial charge in [-0.2, -0.15) is 11.8 Å². The Hall–Kier alpha value is -2.81. The standard InChI is InChI=1S/C23H30FN5O4S/c1-4-11-33-12-10-27-15-20-28(19(22(27)31)9-13-34-3)21(30)16-26(2)29(20)23(32)25-14-17-5-7-18(24)8-6-17/h1,5-8,19-20H,9-16H2,2-3H3,(H,25,32)/t19-,20?/m0/s1. The number of hydrogen-bond acceptors (Lipinski definition) is 6. The zero-order valence-electron chi connectivity index (χ0n) is 19.4. The van der Waals surface area contributed by atoms with E-state index in [2.05, 4.69) is 11.2 Å². The minimum Gasteiger partial charge on any atom is -0.367 e. The topological polar surface area (TPSA) is 85.4 Å². The van der Waals surface area contributed by atoms with Crippen molar-refractivity contribution < 1.29 is 23.5 Å². The van der Waals surface area contributed by atoms with Crippen molar-refractivity contribution >= 4 is 29.6 Å². The van der Waals surface area contributed by atoms with Crippen LogP contribution in [-0.4, -0.2) is 102 Å². The molecular formula is C23H30FN5O4S. The van der Waals surface area contributed by atoms with Gasteiger partial charge in [-0.1, -0.05) is 18.1 Å². The number of carbonyl (C=O) groups excluding carboxylic acids is 3. The number of rotatable bonds is 9. The number of urea groups is 1. The van der Waals surface area contributed by atoms with Crippen LogP contribution in [0, 0.1) is 18.2 Å². The van der Waals surface area contributed by atoms with Gasteiger partial charge in [0.15, 0.2) is 0 Å². The number of hydrazine groups is 1. The van der Waals surface area contributed by atoms with Crippen LogP contribution in [0.15, 0.2) is 24.3 Å². The summed E-state index contributed by atoms with van der Waals surface area (Å²) in [7, 11) is 1.67. The number of likely N-dealkylation sites (N-methyl/N-ethyl adjacent to an activating group) is 1. The van der Waals surface area contributed by atoms with Crippen molar-refractivity contribution in [2.24, 2.45) is 0 Å². The maximum Gasteiger partial charge on any atom is 0.334 e. The minimum absolute atomic E-state index is 0.0191. The maximum absolute atomic E-state index is 13.3. The van der Waals surface area contributed by atoms with Crippen molar-refractivity contribution in [1.82, 2.24) is 25.1 Å². The van der Waals surface area contributed by atoms with Gasteiger partial charge in [0.05, 0.1) is 19.7 Å². The Bertz CT molecular complexity index is 925. The Balaban J connectivity index is 1.80. The number of hydrogen-bond donors (Lipinski definition) is 1. The fourth-order valence-corrected chi connectivity index (χ4v) is 4.64. The number of carbonyl (C=O) groups is 3. The number of ether oxygens (including phenoxy) is 1. The van der Waals surface area contributed by atoms with E-state index in [9.17, 15) is 18.8 Å². The van der Waals surface area contributed by atoms with Gasteiger partial charge in [0.2, 0.25) is 11.8 Å². The number of thioether (sulfide) groups is 1. The van der Waals surface area contributed by atoms with Crippen LogP contribution >= 0.6 is 11.8 Å². The summed E-state index contributed by atoms with van der Waals surface area (Å²) in [5.41, 5.74) is 0.742. The average Bonchev–Trinajstić information content (AvgIpc) is 2.81. The number of terminal acetylenes is 1. The van der Waals surface area contributed by atoms with Crippen LogP contribution in [0.2, 0.25) is 0 Å². The molecule has 11 heteroatoms. The lowest BCUT2D eigenvalue weighted by atomic mass is 10.0. The SMILES string of the molecule is C#CCOCCN1CC2N(C(=O)CN(C)N2C(=O)NCc2ccc(F)cc2)[C@@H](CCSC)C1=O. The molecule has 0 aromatic heterocycles. The van der Waals surface area contributed by atoms with E-state index in [4.69, 9.17) is 11.2 Å². The Morgan fingerprint density at radius 3 is 2.74 bits per heavy atom. The Morgan fingerprint density at radius 2 is 2.06 bits per heavy atom. The highest BCUT2D eigenvalue weighted by Gasteiger charge is 2.50. The number of amides is 4. The highest BCUT2D eigenvalue weighted by Crippen LogP contribution is 2.27. The summed E-state index contributed by atoms with van der Waals surface area (Å²) in [5, 5.41) is 5.89. The molecule has 0 aliphatic carbocycles. The molecule has 3 rings (SSSR count). The zero-order chi connectivity index (χ0) is 24.7.